The van der Waals surface area contributed by atoms with Gasteiger partial charge in [0.05, 0.1) is 7.11 Å². The van der Waals surface area contributed by atoms with Gasteiger partial charge < -0.3 is 19.7 Å². The fourth-order valence-corrected chi connectivity index (χ4v) is 1.73. The van der Waals surface area contributed by atoms with Crippen LogP contribution in [0.4, 0.5) is 10.5 Å². The summed E-state index contributed by atoms with van der Waals surface area (Å²) in [7, 11) is 1.44. The number of carboxylic acids is 1. The summed E-state index contributed by atoms with van der Waals surface area (Å²) in [5.41, 5.74) is 0.257. The number of hydrogen-bond donors (Lipinski definition) is 3. The minimum absolute atomic E-state index is 0.137. The van der Waals surface area contributed by atoms with Gasteiger partial charge in [0.2, 0.25) is 0 Å². The molecule has 3 N–H and O–H groups in total. The minimum atomic E-state index is -1.55. The molecule has 0 bridgehead atoms. The summed E-state index contributed by atoms with van der Waals surface area (Å²) < 4.78 is 10.3. The quantitative estimate of drug-likeness (QED) is 0.768. The lowest BCUT2D eigenvalue weighted by Crippen LogP contribution is -2.27. The van der Waals surface area contributed by atoms with Crippen molar-refractivity contribution in [2.45, 2.75) is 38.9 Å². The first-order valence-electron chi connectivity index (χ1n) is 6.70. The molecule has 0 saturated carbocycles. The van der Waals surface area contributed by atoms with E-state index in [0.29, 0.717) is 17.0 Å². The van der Waals surface area contributed by atoms with Crippen LogP contribution in [0, 0.1) is 0 Å². The third-order valence-electron chi connectivity index (χ3n) is 2.62. The fourth-order valence-electron chi connectivity index (χ4n) is 1.73. The number of carbonyl (C=O) groups is 2. The predicted octanol–water partition coefficient (Wildman–Crippen LogP) is 2.03. The van der Waals surface area contributed by atoms with Crippen molar-refractivity contribution in [2.75, 3.05) is 12.4 Å². The molecule has 1 amide bonds. The van der Waals surface area contributed by atoms with E-state index >= 15 is 0 Å². The van der Waals surface area contributed by atoms with Crippen molar-refractivity contribution in [2.24, 2.45) is 0 Å². The summed E-state index contributed by atoms with van der Waals surface area (Å²) in [4.78, 5) is 22.5. The molecule has 1 atom stereocenters. The van der Waals surface area contributed by atoms with Crippen molar-refractivity contribution in [1.82, 2.24) is 0 Å². The number of benzene rings is 1. The first kappa shape index (κ1) is 17.8. The number of hydrogen-bond acceptors (Lipinski definition) is 5. The van der Waals surface area contributed by atoms with Crippen LogP contribution in [0.5, 0.6) is 5.75 Å². The van der Waals surface area contributed by atoms with Gasteiger partial charge in [-0.3, -0.25) is 5.32 Å². The van der Waals surface area contributed by atoms with Gasteiger partial charge >= 0.3 is 12.1 Å². The standard InChI is InChI=1S/C15H21NO6/c1-15(2,3)22-14(20)16-10-5-6-12(21-4)9(7-10)8-11(17)13(18)19/h5-7,11,17H,8H2,1-4H3,(H,16,20)(H,18,19). The maximum Gasteiger partial charge on any atom is 0.412 e. The van der Waals surface area contributed by atoms with E-state index in [-0.39, 0.29) is 6.42 Å². The van der Waals surface area contributed by atoms with Gasteiger partial charge in [0.1, 0.15) is 11.4 Å². The molecular formula is C15H21NO6. The highest BCUT2D eigenvalue weighted by molar-refractivity contribution is 5.85. The summed E-state index contributed by atoms with van der Waals surface area (Å²) in [6.45, 7) is 5.24. The number of carboxylic acid groups (broad SMARTS) is 1. The van der Waals surface area contributed by atoms with Crippen LogP contribution >= 0.6 is 0 Å². The topological polar surface area (TPSA) is 105 Å². The number of carbonyl (C=O) groups excluding carboxylic acids is 1. The molecule has 0 heterocycles. The Balaban J connectivity index is 2.90. The Morgan fingerprint density at radius 1 is 1.32 bits per heavy atom. The Bertz CT molecular complexity index is 549. The van der Waals surface area contributed by atoms with E-state index in [0.717, 1.165) is 0 Å². The zero-order valence-electron chi connectivity index (χ0n) is 13.0. The first-order valence-corrected chi connectivity index (χ1v) is 6.70. The van der Waals surface area contributed by atoms with Crippen LogP contribution in [-0.4, -0.2) is 41.1 Å². The SMILES string of the molecule is COc1ccc(NC(=O)OC(C)(C)C)cc1CC(O)C(=O)O. The molecule has 0 aromatic heterocycles. The van der Waals surface area contributed by atoms with Gasteiger partial charge in [0.25, 0.3) is 0 Å². The number of amides is 1. The molecule has 1 aromatic rings. The molecule has 1 unspecified atom stereocenters. The van der Waals surface area contributed by atoms with Gasteiger partial charge in [0.15, 0.2) is 6.10 Å². The summed E-state index contributed by atoms with van der Waals surface area (Å²) >= 11 is 0. The second kappa shape index (κ2) is 7.13. The number of ether oxygens (including phenoxy) is 2. The third kappa shape index (κ3) is 5.61. The average molecular weight is 311 g/mol. The van der Waals surface area contributed by atoms with E-state index in [4.69, 9.17) is 14.6 Å². The van der Waals surface area contributed by atoms with Crippen molar-refractivity contribution in [3.8, 4) is 5.75 Å². The van der Waals surface area contributed by atoms with Gasteiger partial charge in [-0.15, -0.1) is 0 Å². The maximum absolute atomic E-state index is 11.7. The molecule has 7 heteroatoms. The Morgan fingerprint density at radius 2 is 1.95 bits per heavy atom. The van der Waals surface area contributed by atoms with Crippen molar-refractivity contribution in [1.29, 1.82) is 0 Å². The zero-order chi connectivity index (χ0) is 16.9. The average Bonchev–Trinajstić information content (AvgIpc) is 2.36. The normalized spacial score (nSPS) is 12.4. The van der Waals surface area contributed by atoms with Crippen LogP contribution in [-0.2, 0) is 16.0 Å². The molecule has 0 saturated heterocycles. The molecule has 0 aliphatic heterocycles. The fraction of sp³-hybridized carbons (Fsp3) is 0.467. The summed E-state index contributed by atoms with van der Waals surface area (Å²) in [6, 6.07) is 4.71. The minimum Gasteiger partial charge on any atom is -0.496 e. The van der Waals surface area contributed by atoms with Crippen LogP contribution in [0.2, 0.25) is 0 Å². The molecule has 0 aliphatic rings. The zero-order valence-corrected chi connectivity index (χ0v) is 13.0. The largest absolute Gasteiger partial charge is 0.496 e. The highest BCUT2D eigenvalue weighted by Crippen LogP contribution is 2.24. The van der Waals surface area contributed by atoms with Gasteiger partial charge in [-0.1, -0.05) is 0 Å². The van der Waals surface area contributed by atoms with Crippen LogP contribution in [0.15, 0.2) is 18.2 Å². The van der Waals surface area contributed by atoms with Gasteiger partial charge in [0, 0.05) is 12.1 Å². The second-order valence-corrected chi connectivity index (χ2v) is 5.71. The van der Waals surface area contributed by atoms with E-state index in [9.17, 15) is 14.7 Å². The van der Waals surface area contributed by atoms with Crippen LogP contribution in [0.3, 0.4) is 0 Å². The monoisotopic (exact) mass is 311 g/mol. The molecule has 0 radical (unpaired) electrons. The van der Waals surface area contributed by atoms with E-state index < -0.39 is 23.8 Å². The lowest BCUT2D eigenvalue weighted by atomic mass is 10.1. The van der Waals surface area contributed by atoms with Crippen molar-refractivity contribution < 1.29 is 29.3 Å². The molecule has 1 rings (SSSR count). The summed E-state index contributed by atoms with van der Waals surface area (Å²) in [6.07, 6.45) is -2.31. The Morgan fingerprint density at radius 3 is 2.45 bits per heavy atom. The summed E-state index contributed by atoms with van der Waals surface area (Å²) in [5, 5.41) is 20.8. The Hall–Kier alpha value is -2.28. The van der Waals surface area contributed by atoms with Crippen LogP contribution in [0.1, 0.15) is 26.3 Å². The van der Waals surface area contributed by atoms with E-state index in [1.807, 2.05) is 0 Å². The third-order valence-corrected chi connectivity index (χ3v) is 2.62. The van der Waals surface area contributed by atoms with Gasteiger partial charge in [-0.25, -0.2) is 9.59 Å². The van der Waals surface area contributed by atoms with Crippen LogP contribution in [0.25, 0.3) is 0 Å². The van der Waals surface area contributed by atoms with Crippen molar-refractivity contribution >= 4 is 17.7 Å². The number of rotatable bonds is 5. The summed E-state index contributed by atoms with van der Waals surface area (Å²) in [5.74, 6) is -0.900. The predicted molar refractivity (Wildman–Crippen MR) is 80.2 cm³/mol. The van der Waals surface area contributed by atoms with E-state index in [1.165, 1.54) is 13.2 Å². The second-order valence-electron chi connectivity index (χ2n) is 5.71. The van der Waals surface area contributed by atoms with E-state index in [1.54, 1.807) is 32.9 Å². The van der Waals surface area contributed by atoms with Crippen molar-refractivity contribution in [3.63, 3.8) is 0 Å². The molecule has 1 aromatic carbocycles. The van der Waals surface area contributed by atoms with E-state index in [2.05, 4.69) is 5.32 Å². The first-order chi connectivity index (χ1) is 10.1. The number of nitrogens with one attached hydrogen (secondary N) is 1. The molecule has 0 aliphatic carbocycles. The maximum atomic E-state index is 11.7. The number of aliphatic carboxylic acids is 1. The Kier molecular flexibility index (Phi) is 5.76. The number of aliphatic hydroxyl groups is 1. The lowest BCUT2D eigenvalue weighted by molar-refractivity contribution is -0.146. The number of aliphatic hydroxyl groups excluding tert-OH is 1. The molecule has 0 fully saturated rings. The Labute approximate surface area is 128 Å². The molecular weight excluding hydrogens is 290 g/mol. The lowest BCUT2D eigenvalue weighted by Gasteiger charge is -2.20. The highest BCUT2D eigenvalue weighted by atomic mass is 16.6. The number of anilines is 1. The highest BCUT2D eigenvalue weighted by Gasteiger charge is 2.19. The molecule has 7 nitrogen and oxygen atoms in total. The molecule has 22 heavy (non-hydrogen) atoms. The van der Waals surface area contributed by atoms with Gasteiger partial charge in [-0.05, 0) is 44.5 Å². The van der Waals surface area contributed by atoms with Crippen LogP contribution < -0.4 is 10.1 Å². The van der Waals surface area contributed by atoms with Gasteiger partial charge in [-0.2, -0.15) is 0 Å². The molecule has 0 spiro atoms. The smallest absolute Gasteiger partial charge is 0.412 e. The number of methoxy groups -OCH3 is 1. The van der Waals surface area contributed by atoms with Crippen molar-refractivity contribution in [3.05, 3.63) is 23.8 Å². The molecule has 122 valence electrons.